The summed E-state index contributed by atoms with van der Waals surface area (Å²) in [4.78, 5) is 41.3. The maximum Gasteiger partial charge on any atom is 0.478 e. The zero-order valence-corrected chi connectivity index (χ0v) is 19.1. The molecule has 0 fully saturated rings. The standard InChI is InChI=1S/C18H34O2.H4O7P2/c1-2-3-4-5-6-7-8-9-10-11-12-13-14-15-16-17-18(19)20;1-8(2,3)7-9(4,5)6/h9-10H,2-8,11-17H2,1H3,(H,19,20);(H2,1,2,3)(H2,4,5,6). The van der Waals surface area contributed by atoms with Gasteiger partial charge in [-0.2, -0.15) is 4.31 Å². The number of unbranched alkanes of at least 4 members (excludes halogenated alkanes) is 11. The third kappa shape index (κ3) is 35.3. The number of hydrogen-bond donors (Lipinski definition) is 5. The van der Waals surface area contributed by atoms with E-state index in [4.69, 9.17) is 24.7 Å². The average Bonchev–Trinajstić information content (AvgIpc) is 2.55. The summed E-state index contributed by atoms with van der Waals surface area (Å²) in [5, 5.41) is 8.51. The van der Waals surface area contributed by atoms with E-state index in [-0.39, 0.29) is 0 Å². The van der Waals surface area contributed by atoms with Crippen molar-refractivity contribution in [2.75, 3.05) is 0 Å². The summed E-state index contributed by atoms with van der Waals surface area (Å²) in [6, 6.07) is 0. The molecule has 0 spiro atoms. The van der Waals surface area contributed by atoms with E-state index in [1.165, 1.54) is 70.6 Å². The van der Waals surface area contributed by atoms with Crippen LogP contribution in [0.2, 0.25) is 0 Å². The maximum absolute atomic E-state index is 10.3. The van der Waals surface area contributed by atoms with Gasteiger partial charge in [-0.05, 0) is 32.1 Å². The van der Waals surface area contributed by atoms with Crippen LogP contribution in [-0.4, -0.2) is 30.6 Å². The molecule has 0 heterocycles. The van der Waals surface area contributed by atoms with Crippen molar-refractivity contribution in [2.45, 2.75) is 96.8 Å². The summed E-state index contributed by atoms with van der Waals surface area (Å²) in [7, 11) is -10.1. The average molecular weight is 460 g/mol. The number of allylic oxidation sites excluding steroid dienone is 2. The Bertz CT molecular complexity index is 491. The van der Waals surface area contributed by atoms with Crippen LogP contribution in [0, 0.1) is 0 Å². The van der Waals surface area contributed by atoms with E-state index in [0.29, 0.717) is 6.42 Å². The van der Waals surface area contributed by atoms with E-state index in [9.17, 15) is 13.9 Å². The molecule has 0 amide bonds. The number of phosphoric acid groups is 2. The lowest BCUT2D eigenvalue weighted by Gasteiger charge is -2.03. The molecule has 0 aliphatic carbocycles. The third-order valence-electron chi connectivity index (χ3n) is 3.87. The molecule has 0 aromatic rings. The van der Waals surface area contributed by atoms with Crippen molar-refractivity contribution < 1.29 is 42.9 Å². The fraction of sp³-hybridized carbons (Fsp3) is 0.833. The molecule has 0 aromatic heterocycles. The Kier molecular flexibility index (Phi) is 20.5. The van der Waals surface area contributed by atoms with Crippen LogP contribution in [0.3, 0.4) is 0 Å². The first-order valence-corrected chi connectivity index (χ1v) is 13.2. The van der Waals surface area contributed by atoms with Crippen molar-refractivity contribution in [3.63, 3.8) is 0 Å². The van der Waals surface area contributed by atoms with E-state index in [1.54, 1.807) is 0 Å². The fourth-order valence-electron chi connectivity index (χ4n) is 2.49. The van der Waals surface area contributed by atoms with Gasteiger partial charge in [0.1, 0.15) is 0 Å². The van der Waals surface area contributed by atoms with Gasteiger partial charge in [-0.1, -0.05) is 70.4 Å². The Hall–Kier alpha value is -0.530. The molecule has 0 saturated heterocycles. The highest BCUT2D eigenvalue weighted by molar-refractivity contribution is 7.60. The fourth-order valence-corrected chi connectivity index (χ4v) is 3.59. The zero-order chi connectivity index (χ0) is 22.6. The smallest absolute Gasteiger partial charge is 0.478 e. The molecular weight excluding hydrogens is 422 g/mol. The van der Waals surface area contributed by atoms with Crippen molar-refractivity contribution in [3.05, 3.63) is 12.2 Å². The van der Waals surface area contributed by atoms with Gasteiger partial charge in [0.2, 0.25) is 0 Å². The van der Waals surface area contributed by atoms with Crippen LogP contribution in [0.4, 0.5) is 0 Å². The van der Waals surface area contributed by atoms with Gasteiger partial charge in [-0.15, -0.1) is 0 Å². The van der Waals surface area contributed by atoms with E-state index in [2.05, 4.69) is 23.4 Å². The molecule has 9 nitrogen and oxygen atoms in total. The van der Waals surface area contributed by atoms with Crippen molar-refractivity contribution in [1.82, 2.24) is 0 Å². The van der Waals surface area contributed by atoms with Gasteiger partial charge in [0.15, 0.2) is 0 Å². The topological polar surface area (TPSA) is 162 Å². The molecule has 0 aliphatic heterocycles. The van der Waals surface area contributed by atoms with E-state index in [0.717, 1.165) is 12.8 Å². The highest BCUT2D eigenvalue weighted by atomic mass is 31.3. The molecular formula is C18H38O9P2. The molecule has 0 aromatic carbocycles. The number of aliphatic carboxylic acids is 1. The molecule has 174 valence electrons. The molecule has 0 unspecified atom stereocenters. The zero-order valence-electron chi connectivity index (χ0n) is 17.3. The summed E-state index contributed by atoms with van der Waals surface area (Å²) in [6.45, 7) is 2.26. The van der Waals surface area contributed by atoms with Gasteiger partial charge >= 0.3 is 21.6 Å². The molecule has 0 bridgehead atoms. The molecule has 29 heavy (non-hydrogen) atoms. The second-order valence-electron chi connectivity index (χ2n) is 6.79. The molecule has 0 radical (unpaired) electrons. The molecule has 5 N–H and O–H groups in total. The molecule has 0 rings (SSSR count). The molecule has 0 atom stereocenters. The molecule has 0 saturated carbocycles. The number of rotatable bonds is 17. The predicted molar refractivity (Wildman–Crippen MR) is 112 cm³/mol. The Morgan fingerprint density at radius 1 is 0.724 bits per heavy atom. The second kappa shape index (κ2) is 19.4. The third-order valence-corrected chi connectivity index (χ3v) is 5.57. The van der Waals surface area contributed by atoms with Gasteiger partial charge in [0, 0.05) is 6.42 Å². The Morgan fingerprint density at radius 3 is 1.45 bits per heavy atom. The van der Waals surface area contributed by atoms with Gasteiger partial charge in [0.25, 0.3) is 0 Å². The summed E-state index contributed by atoms with van der Waals surface area (Å²) in [5.74, 6) is -0.664. The van der Waals surface area contributed by atoms with E-state index in [1.807, 2.05) is 0 Å². The van der Waals surface area contributed by atoms with Gasteiger partial charge in [-0.25, -0.2) is 9.13 Å². The number of carboxylic acid groups (broad SMARTS) is 1. The first-order valence-electron chi connectivity index (χ1n) is 10.2. The number of carboxylic acids is 1. The van der Waals surface area contributed by atoms with Crippen LogP contribution < -0.4 is 0 Å². The summed E-state index contributed by atoms with van der Waals surface area (Å²) in [5.41, 5.74) is 0. The van der Waals surface area contributed by atoms with Crippen LogP contribution in [0.5, 0.6) is 0 Å². The van der Waals surface area contributed by atoms with Crippen molar-refractivity contribution in [1.29, 1.82) is 0 Å². The van der Waals surface area contributed by atoms with Crippen LogP contribution in [0.1, 0.15) is 96.8 Å². The minimum absolute atomic E-state index is 0.332. The van der Waals surface area contributed by atoms with Gasteiger partial charge < -0.3 is 24.7 Å². The highest BCUT2D eigenvalue weighted by Gasteiger charge is 2.27. The summed E-state index contributed by atoms with van der Waals surface area (Å²) in [6.07, 6.45) is 21.2. The normalized spacial score (nSPS) is 12.0. The minimum Gasteiger partial charge on any atom is -0.481 e. The first kappa shape index (κ1) is 30.7. The van der Waals surface area contributed by atoms with Gasteiger partial charge in [-0.3, -0.25) is 4.79 Å². The van der Waals surface area contributed by atoms with E-state index < -0.39 is 21.6 Å². The van der Waals surface area contributed by atoms with Gasteiger partial charge in [0.05, 0.1) is 0 Å². The predicted octanol–water partition coefficient (Wildman–Crippen LogP) is 5.30. The van der Waals surface area contributed by atoms with Crippen LogP contribution in [0.25, 0.3) is 0 Å². The minimum atomic E-state index is -5.05. The highest BCUT2D eigenvalue weighted by Crippen LogP contribution is 2.53. The second-order valence-corrected chi connectivity index (χ2v) is 9.41. The maximum atomic E-state index is 10.3. The lowest BCUT2D eigenvalue weighted by Crippen LogP contribution is -1.93. The number of carbonyl (C=O) groups is 1. The lowest BCUT2D eigenvalue weighted by molar-refractivity contribution is -0.137. The monoisotopic (exact) mass is 460 g/mol. The summed E-state index contributed by atoms with van der Waals surface area (Å²) < 4.78 is 22.2. The lowest BCUT2D eigenvalue weighted by atomic mass is 10.1. The molecule has 0 aliphatic rings. The quantitative estimate of drug-likeness (QED) is 0.110. The first-order chi connectivity index (χ1) is 13.5. The van der Waals surface area contributed by atoms with Crippen LogP contribution >= 0.6 is 15.6 Å². The number of hydrogen-bond acceptors (Lipinski definition) is 4. The Balaban J connectivity index is 0. The van der Waals surface area contributed by atoms with Crippen LogP contribution in [0.15, 0.2) is 12.2 Å². The van der Waals surface area contributed by atoms with Crippen molar-refractivity contribution in [3.8, 4) is 0 Å². The van der Waals surface area contributed by atoms with E-state index >= 15 is 0 Å². The summed E-state index contributed by atoms with van der Waals surface area (Å²) >= 11 is 0. The van der Waals surface area contributed by atoms with Crippen LogP contribution in [-0.2, 0) is 18.2 Å². The largest absolute Gasteiger partial charge is 0.481 e. The van der Waals surface area contributed by atoms with Crippen molar-refractivity contribution in [2.24, 2.45) is 0 Å². The Morgan fingerprint density at radius 2 is 1.10 bits per heavy atom. The SMILES string of the molecule is CCCCCCCCC=CCCCCCCCC(=O)O.O=P(O)(O)OP(=O)(O)O. The van der Waals surface area contributed by atoms with Crippen molar-refractivity contribution >= 4 is 21.6 Å². The molecule has 11 heteroatoms. The Labute approximate surface area is 174 Å².